The van der Waals surface area contributed by atoms with Crippen LogP contribution in [0, 0.1) is 20.8 Å². The molecule has 0 radical (unpaired) electrons. The molecule has 7 heteroatoms. The van der Waals surface area contributed by atoms with Crippen molar-refractivity contribution in [1.82, 2.24) is 19.5 Å². The Morgan fingerprint density at radius 1 is 1.07 bits per heavy atom. The Morgan fingerprint density at radius 3 is 2.56 bits per heavy atom. The maximum absolute atomic E-state index is 12.9. The van der Waals surface area contributed by atoms with E-state index >= 15 is 0 Å². The van der Waals surface area contributed by atoms with Gasteiger partial charge in [-0.15, -0.1) is 0 Å². The smallest absolute Gasteiger partial charge is 0.226 e. The Hall–Kier alpha value is -2.93. The van der Waals surface area contributed by atoms with Gasteiger partial charge in [-0.25, -0.2) is 13.4 Å². The molecule has 6 nitrogen and oxygen atoms in total. The second-order valence-electron chi connectivity index (χ2n) is 6.73. The summed E-state index contributed by atoms with van der Waals surface area (Å²) >= 11 is 0. The van der Waals surface area contributed by atoms with Crippen LogP contribution in [-0.4, -0.2) is 27.9 Å². The minimum atomic E-state index is -3.63. The predicted molar refractivity (Wildman–Crippen MR) is 105 cm³/mol. The lowest BCUT2D eigenvalue weighted by atomic mass is 10.1. The summed E-state index contributed by atoms with van der Waals surface area (Å²) in [4.78, 5) is 11.6. The lowest BCUT2D eigenvalue weighted by molar-refractivity contribution is 0.587. The highest BCUT2D eigenvalue weighted by Gasteiger charge is 2.22. The lowest BCUT2D eigenvalue weighted by Crippen LogP contribution is -2.10. The molecule has 0 atom stereocenters. The molecule has 0 aliphatic carbocycles. The number of aromatic nitrogens is 4. The summed E-state index contributed by atoms with van der Waals surface area (Å²) in [6.07, 6.45) is 5.59. The number of nitrogens with zero attached hydrogens (tertiary/aromatic N) is 3. The quantitative estimate of drug-likeness (QED) is 0.586. The molecule has 4 aromatic rings. The van der Waals surface area contributed by atoms with Crippen molar-refractivity contribution in [2.45, 2.75) is 31.7 Å². The van der Waals surface area contributed by atoms with Gasteiger partial charge in [0.1, 0.15) is 5.75 Å². The fourth-order valence-corrected chi connectivity index (χ4v) is 4.35. The first-order chi connectivity index (χ1) is 12.8. The molecule has 27 heavy (non-hydrogen) atoms. The van der Waals surface area contributed by atoms with E-state index in [2.05, 4.69) is 15.0 Å². The lowest BCUT2D eigenvalue weighted by Gasteiger charge is -2.09. The van der Waals surface area contributed by atoms with Crippen molar-refractivity contribution in [3.05, 3.63) is 71.3 Å². The van der Waals surface area contributed by atoms with Crippen molar-refractivity contribution in [3.63, 3.8) is 0 Å². The summed E-state index contributed by atoms with van der Waals surface area (Å²) < 4.78 is 27.7. The monoisotopic (exact) mass is 380 g/mol. The summed E-state index contributed by atoms with van der Waals surface area (Å²) in [6, 6.07) is 9.49. The second kappa shape index (κ2) is 6.35. The first-order valence-electron chi connectivity index (χ1n) is 8.63. The van der Waals surface area contributed by atoms with E-state index in [-0.39, 0.29) is 10.9 Å². The van der Waals surface area contributed by atoms with Gasteiger partial charge < -0.3 is 9.55 Å². The van der Waals surface area contributed by atoms with Crippen LogP contribution < -0.4 is 0 Å². The van der Waals surface area contributed by atoms with E-state index in [4.69, 9.17) is 0 Å². The predicted octanol–water partition coefficient (Wildman–Crippen LogP) is 3.65. The first-order valence-corrected chi connectivity index (χ1v) is 10.3. The number of rotatable bonds is 4. The van der Waals surface area contributed by atoms with Crippen LogP contribution >= 0.6 is 0 Å². The molecule has 3 aromatic heterocycles. The Bertz CT molecular complexity index is 1240. The molecule has 0 saturated heterocycles. The van der Waals surface area contributed by atoms with E-state index in [1.807, 2.05) is 68.1 Å². The van der Waals surface area contributed by atoms with Gasteiger partial charge in [0.15, 0.2) is 0 Å². The van der Waals surface area contributed by atoms with E-state index in [9.17, 15) is 8.42 Å². The normalized spacial score (nSPS) is 12.0. The standard InChI is InChI=1S/C20H20N4O2S/c1-13-11-21-19(15(3)14(13)2)12-27(25,26)20-22-17-7-6-16(10-18(17)23-20)24-8-4-5-9-24/h4-11H,12H2,1-3H3,(H,22,23). The fraction of sp³-hybridized carbons (Fsp3) is 0.200. The number of sulfone groups is 1. The van der Waals surface area contributed by atoms with Crippen molar-refractivity contribution >= 4 is 20.9 Å². The third-order valence-corrected chi connectivity index (χ3v) is 6.40. The zero-order valence-electron chi connectivity index (χ0n) is 15.4. The van der Waals surface area contributed by atoms with Crippen LogP contribution in [0.15, 0.2) is 54.1 Å². The van der Waals surface area contributed by atoms with Crippen LogP contribution in [0.5, 0.6) is 0 Å². The Balaban J connectivity index is 1.71. The van der Waals surface area contributed by atoms with Crippen molar-refractivity contribution in [1.29, 1.82) is 0 Å². The van der Waals surface area contributed by atoms with Gasteiger partial charge in [-0.2, -0.15) is 0 Å². The second-order valence-corrected chi connectivity index (χ2v) is 8.64. The average molecular weight is 380 g/mol. The van der Waals surface area contributed by atoms with Gasteiger partial charge in [-0.3, -0.25) is 4.98 Å². The van der Waals surface area contributed by atoms with Crippen molar-refractivity contribution in [3.8, 4) is 5.69 Å². The van der Waals surface area contributed by atoms with E-state index < -0.39 is 9.84 Å². The van der Waals surface area contributed by atoms with Gasteiger partial charge in [-0.05, 0) is 67.8 Å². The van der Waals surface area contributed by atoms with Crippen LogP contribution in [0.25, 0.3) is 16.7 Å². The Kier molecular flexibility index (Phi) is 4.11. The molecule has 0 spiro atoms. The van der Waals surface area contributed by atoms with E-state index in [1.54, 1.807) is 6.20 Å². The number of hydrogen-bond acceptors (Lipinski definition) is 4. The molecule has 0 aliphatic rings. The molecule has 4 rings (SSSR count). The number of H-pyrrole nitrogens is 1. The van der Waals surface area contributed by atoms with Crippen molar-refractivity contribution < 1.29 is 8.42 Å². The minimum Gasteiger partial charge on any atom is -0.329 e. The highest BCUT2D eigenvalue weighted by Crippen LogP contribution is 2.23. The SMILES string of the molecule is Cc1cnc(CS(=O)(=O)c2nc3ccc(-n4cccc4)cc3[nH]2)c(C)c1C. The summed E-state index contributed by atoms with van der Waals surface area (Å²) in [7, 11) is -3.63. The molecule has 138 valence electrons. The van der Waals surface area contributed by atoms with Crippen molar-refractivity contribution in [2.75, 3.05) is 0 Å². The Morgan fingerprint density at radius 2 is 1.81 bits per heavy atom. The number of aromatic amines is 1. The molecule has 3 heterocycles. The van der Waals surface area contributed by atoms with Crippen LogP contribution in [-0.2, 0) is 15.6 Å². The number of nitrogens with one attached hydrogen (secondary N) is 1. The number of aryl methyl sites for hydroxylation is 1. The van der Waals surface area contributed by atoms with Gasteiger partial charge in [0.25, 0.3) is 0 Å². The number of pyridine rings is 1. The van der Waals surface area contributed by atoms with Crippen LogP contribution in [0.4, 0.5) is 0 Å². The summed E-state index contributed by atoms with van der Waals surface area (Å²) in [5.74, 6) is -0.176. The largest absolute Gasteiger partial charge is 0.329 e. The maximum Gasteiger partial charge on any atom is 0.226 e. The minimum absolute atomic E-state index is 0.0263. The van der Waals surface area contributed by atoms with Gasteiger partial charge in [0.2, 0.25) is 15.0 Å². The van der Waals surface area contributed by atoms with E-state index in [0.29, 0.717) is 16.7 Å². The number of benzene rings is 1. The van der Waals surface area contributed by atoms with E-state index in [1.165, 1.54) is 0 Å². The number of fused-ring (bicyclic) bond motifs is 1. The van der Waals surface area contributed by atoms with Crippen LogP contribution in [0.2, 0.25) is 0 Å². The van der Waals surface area contributed by atoms with Gasteiger partial charge in [0, 0.05) is 24.3 Å². The van der Waals surface area contributed by atoms with Crippen molar-refractivity contribution in [2.24, 2.45) is 0 Å². The zero-order chi connectivity index (χ0) is 19.2. The molecule has 0 amide bonds. The molecule has 0 fully saturated rings. The zero-order valence-corrected chi connectivity index (χ0v) is 16.2. The summed E-state index contributed by atoms with van der Waals surface area (Å²) in [6.45, 7) is 5.85. The first kappa shape index (κ1) is 17.5. The third-order valence-electron chi connectivity index (χ3n) is 4.97. The fourth-order valence-electron chi connectivity index (χ4n) is 3.06. The molecule has 1 aromatic carbocycles. The molecular formula is C20H20N4O2S. The Labute approximate surface area is 157 Å². The van der Waals surface area contributed by atoms with E-state index in [0.717, 1.165) is 22.4 Å². The summed E-state index contributed by atoms with van der Waals surface area (Å²) in [5.41, 5.74) is 5.83. The average Bonchev–Trinajstić information content (AvgIpc) is 3.31. The molecule has 1 N–H and O–H groups in total. The molecular weight excluding hydrogens is 360 g/mol. The van der Waals surface area contributed by atoms with Gasteiger partial charge >= 0.3 is 0 Å². The number of hydrogen-bond donors (Lipinski definition) is 1. The van der Waals surface area contributed by atoms with Gasteiger partial charge in [0.05, 0.1) is 16.7 Å². The third kappa shape index (κ3) is 3.14. The topological polar surface area (TPSA) is 80.6 Å². The summed E-state index contributed by atoms with van der Waals surface area (Å²) in [5, 5.41) is -0.0263. The van der Waals surface area contributed by atoms with Gasteiger partial charge in [-0.1, -0.05) is 0 Å². The highest BCUT2D eigenvalue weighted by atomic mass is 32.2. The molecule has 0 saturated carbocycles. The maximum atomic E-state index is 12.9. The number of imidazole rings is 1. The highest BCUT2D eigenvalue weighted by molar-refractivity contribution is 7.90. The molecule has 0 unspecified atom stereocenters. The van der Waals surface area contributed by atoms with Crippen LogP contribution in [0.1, 0.15) is 22.4 Å². The molecule has 0 bridgehead atoms. The van der Waals surface area contributed by atoms with Crippen LogP contribution in [0.3, 0.4) is 0 Å². The molecule has 0 aliphatic heterocycles.